The SMILES string of the molecule is c1ccc(-c2nc(-c3ccccc3)nc(-c3cc(-c4cccc5c4sc4c5ccc5c4c4ccccc4n5-c4ccccc4)cnc3-[n+]3cccc4c5ccc6c(c7ccccc7n6-c6ccccc6)c5sc43)n2)cc1. The zero-order valence-electron chi connectivity index (χ0n) is 40.5. The van der Waals surface area contributed by atoms with E-state index in [9.17, 15) is 0 Å². The van der Waals surface area contributed by atoms with Gasteiger partial charge in [0, 0.05) is 90.8 Å². The fourth-order valence-electron chi connectivity index (χ4n) is 11.5. The molecule has 0 aliphatic rings. The van der Waals surface area contributed by atoms with E-state index in [0.717, 1.165) is 55.2 Å². The molecule has 0 N–H and O–H groups in total. The van der Waals surface area contributed by atoms with Gasteiger partial charge in [-0.3, -0.25) is 0 Å². The Balaban J connectivity index is 0.956. The van der Waals surface area contributed by atoms with Crippen LogP contribution in [0.4, 0.5) is 0 Å². The molecule has 7 aromatic heterocycles. The topological polar surface area (TPSA) is 65.3 Å². The molecule has 0 aliphatic carbocycles. The van der Waals surface area contributed by atoms with E-state index in [4.69, 9.17) is 19.9 Å². The average molecular weight is 1010 g/mol. The Morgan fingerprint density at radius 3 is 1.43 bits per heavy atom. The van der Waals surface area contributed by atoms with Gasteiger partial charge < -0.3 is 9.13 Å². The quantitative estimate of drug-likeness (QED) is 0.149. The standard InChI is InChI=1S/C67H40N7S2/c1-5-19-41(20-6-1)63-69-64(42-21-7-2-8-22-42)71-65(70-63)53-39-43(46-29-17-30-47-48-34-36-56-58(61(48)75-60(46)47)51-27-13-15-32-54(51)73(56)44-23-9-3-10-24-44)40-68-66(53)72-38-18-31-50-49-35-37-57-59(62(49)76-67(50)72)52-28-14-16-33-55(52)74(57)45-25-11-4-12-26-45/h1-40H/q+1. The van der Waals surface area contributed by atoms with Gasteiger partial charge >= 0.3 is 5.82 Å². The van der Waals surface area contributed by atoms with Crippen molar-refractivity contribution in [1.29, 1.82) is 0 Å². The Labute approximate surface area is 443 Å². The van der Waals surface area contributed by atoms with Crippen molar-refractivity contribution in [3.05, 3.63) is 243 Å². The van der Waals surface area contributed by atoms with Gasteiger partial charge in [0.15, 0.2) is 22.3 Å². The molecule has 7 heterocycles. The highest BCUT2D eigenvalue weighted by molar-refractivity contribution is 7.27. The van der Waals surface area contributed by atoms with Crippen LogP contribution in [-0.2, 0) is 0 Å². The summed E-state index contributed by atoms with van der Waals surface area (Å²) >= 11 is 3.66. The number of pyridine rings is 2. The molecule has 76 heavy (non-hydrogen) atoms. The van der Waals surface area contributed by atoms with Crippen LogP contribution in [0.3, 0.4) is 0 Å². The Kier molecular flexibility index (Phi) is 9.54. The van der Waals surface area contributed by atoms with Crippen LogP contribution in [0.25, 0.3) is 147 Å². The second-order valence-corrected chi connectivity index (χ2v) is 21.2. The number of thiophene rings is 2. The highest BCUT2D eigenvalue weighted by Crippen LogP contribution is 2.47. The predicted molar refractivity (Wildman–Crippen MR) is 315 cm³/mol. The van der Waals surface area contributed by atoms with E-state index < -0.39 is 0 Å². The largest absolute Gasteiger partial charge is 0.339 e. The van der Waals surface area contributed by atoms with Crippen LogP contribution < -0.4 is 4.57 Å². The molecule has 354 valence electrons. The average Bonchev–Trinajstić information content (AvgIpc) is 4.30. The minimum Gasteiger partial charge on any atom is -0.309 e. The van der Waals surface area contributed by atoms with E-state index >= 15 is 0 Å². The Bertz CT molecular complexity index is 4930. The van der Waals surface area contributed by atoms with Crippen LogP contribution in [0.1, 0.15) is 0 Å². The molecule has 0 bridgehead atoms. The number of benzene rings is 9. The first-order valence-corrected chi connectivity index (χ1v) is 27.0. The van der Waals surface area contributed by atoms with Crippen molar-refractivity contribution in [1.82, 2.24) is 29.1 Å². The molecule has 0 radical (unpaired) electrons. The number of fused-ring (bicyclic) bond motifs is 14. The summed E-state index contributed by atoms with van der Waals surface area (Å²) in [5.74, 6) is 2.45. The second-order valence-electron chi connectivity index (χ2n) is 19.2. The first kappa shape index (κ1) is 42.8. The number of hydrogen-bond acceptors (Lipinski definition) is 6. The number of nitrogens with zero attached hydrogens (tertiary/aromatic N) is 7. The minimum absolute atomic E-state index is 0.537. The van der Waals surface area contributed by atoms with E-state index in [1.54, 1.807) is 11.3 Å². The molecule has 0 saturated carbocycles. The van der Waals surface area contributed by atoms with Gasteiger partial charge in [0.2, 0.25) is 0 Å². The monoisotopic (exact) mass is 1010 g/mol. The molecule has 0 spiro atoms. The minimum atomic E-state index is 0.537. The van der Waals surface area contributed by atoms with Gasteiger partial charge in [-0.25, -0.2) is 15.0 Å². The van der Waals surface area contributed by atoms with E-state index in [1.165, 1.54) is 73.9 Å². The van der Waals surface area contributed by atoms with Gasteiger partial charge in [-0.2, -0.15) is 4.57 Å². The van der Waals surface area contributed by atoms with Crippen molar-refractivity contribution in [2.45, 2.75) is 0 Å². The lowest BCUT2D eigenvalue weighted by atomic mass is 10.0. The summed E-state index contributed by atoms with van der Waals surface area (Å²) < 4.78 is 10.7. The van der Waals surface area contributed by atoms with Crippen LogP contribution in [0.5, 0.6) is 0 Å². The van der Waals surface area contributed by atoms with Crippen LogP contribution in [0.2, 0.25) is 0 Å². The van der Waals surface area contributed by atoms with E-state index in [1.807, 2.05) is 53.9 Å². The van der Waals surface area contributed by atoms with Gasteiger partial charge in [0.25, 0.3) is 0 Å². The fraction of sp³-hybridized carbons (Fsp3) is 0. The van der Waals surface area contributed by atoms with E-state index in [0.29, 0.717) is 17.5 Å². The fourth-order valence-corrected chi connectivity index (χ4v) is 14.3. The van der Waals surface area contributed by atoms with E-state index in [2.05, 4.69) is 214 Å². The highest BCUT2D eigenvalue weighted by Gasteiger charge is 2.28. The zero-order valence-corrected chi connectivity index (χ0v) is 42.2. The van der Waals surface area contributed by atoms with Gasteiger partial charge in [0.05, 0.1) is 28.3 Å². The molecule has 0 saturated heterocycles. The normalized spacial score (nSPS) is 11.9. The third-order valence-electron chi connectivity index (χ3n) is 14.9. The molecule has 9 aromatic carbocycles. The molecular formula is C67H40N7S2+. The lowest BCUT2D eigenvalue weighted by Crippen LogP contribution is -2.32. The molecule has 0 atom stereocenters. The highest BCUT2D eigenvalue weighted by atomic mass is 32.1. The van der Waals surface area contributed by atoms with Crippen molar-refractivity contribution in [3.8, 4) is 62.5 Å². The lowest BCUT2D eigenvalue weighted by Gasteiger charge is -2.10. The molecule has 0 unspecified atom stereocenters. The third kappa shape index (κ3) is 6.49. The van der Waals surface area contributed by atoms with Crippen LogP contribution in [0.15, 0.2) is 243 Å². The summed E-state index contributed by atoms with van der Waals surface area (Å²) in [6, 6.07) is 81.8. The molecule has 0 aliphatic heterocycles. The van der Waals surface area contributed by atoms with Crippen LogP contribution in [-0.4, -0.2) is 29.1 Å². The maximum atomic E-state index is 5.54. The lowest BCUT2D eigenvalue weighted by molar-refractivity contribution is -0.568. The molecule has 0 fully saturated rings. The number of para-hydroxylation sites is 4. The Morgan fingerprint density at radius 2 is 0.829 bits per heavy atom. The third-order valence-corrected chi connectivity index (χ3v) is 17.4. The second kappa shape index (κ2) is 16.9. The summed E-state index contributed by atoms with van der Waals surface area (Å²) in [5.41, 5.74) is 11.7. The summed E-state index contributed by atoms with van der Waals surface area (Å²) in [5, 5.41) is 9.76. The van der Waals surface area contributed by atoms with Crippen molar-refractivity contribution < 1.29 is 4.57 Å². The van der Waals surface area contributed by atoms with Crippen LogP contribution >= 0.6 is 22.7 Å². The van der Waals surface area contributed by atoms with Crippen molar-refractivity contribution in [3.63, 3.8) is 0 Å². The number of rotatable bonds is 7. The molecule has 7 nitrogen and oxygen atoms in total. The summed E-state index contributed by atoms with van der Waals surface area (Å²) in [6.07, 6.45) is 4.17. The molecule has 0 amide bonds. The summed E-state index contributed by atoms with van der Waals surface area (Å²) in [7, 11) is 0. The number of hydrogen-bond donors (Lipinski definition) is 0. The number of aromatic nitrogens is 7. The van der Waals surface area contributed by atoms with Gasteiger partial charge in [0.1, 0.15) is 11.8 Å². The van der Waals surface area contributed by atoms with Crippen molar-refractivity contribution in [2.75, 3.05) is 0 Å². The molecule has 16 rings (SSSR count). The zero-order chi connectivity index (χ0) is 49.8. The van der Waals surface area contributed by atoms with E-state index in [-0.39, 0.29) is 0 Å². The summed E-state index contributed by atoms with van der Waals surface area (Å²) in [4.78, 5) is 22.5. The first-order chi connectivity index (χ1) is 37.7. The summed E-state index contributed by atoms with van der Waals surface area (Å²) in [6.45, 7) is 0. The van der Waals surface area contributed by atoms with Crippen molar-refractivity contribution in [2.24, 2.45) is 0 Å². The van der Waals surface area contributed by atoms with Crippen molar-refractivity contribution >= 4 is 107 Å². The Morgan fingerprint density at radius 1 is 0.342 bits per heavy atom. The van der Waals surface area contributed by atoms with Gasteiger partial charge in [-0.1, -0.05) is 175 Å². The maximum absolute atomic E-state index is 5.54. The maximum Gasteiger partial charge on any atom is 0.339 e. The predicted octanol–water partition coefficient (Wildman–Crippen LogP) is 17.1. The smallest absolute Gasteiger partial charge is 0.309 e. The van der Waals surface area contributed by atoms with Crippen LogP contribution in [0, 0.1) is 0 Å². The molecule has 16 aromatic rings. The van der Waals surface area contributed by atoms with Gasteiger partial charge in [-0.05, 0) is 71.7 Å². The molecule has 9 heteroatoms. The Hall–Kier alpha value is -9.67. The van der Waals surface area contributed by atoms with Gasteiger partial charge in [-0.15, -0.1) is 11.3 Å². The first-order valence-electron chi connectivity index (χ1n) is 25.4. The molecular weight excluding hydrogens is 967 g/mol.